The molecule has 0 aliphatic carbocycles. The number of hydrogen-bond acceptors (Lipinski definition) is 4. The first-order valence-corrected chi connectivity index (χ1v) is 14.1. The zero-order valence-electron chi connectivity index (χ0n) is 23.3. The minimum atomic E-state index is -0.474. The van der Waals surface area contributed by atoms with Crippen LogP contribution in [0.3, 0.4) is 0 Å². The maximum absolute atomic E-state index is 14.1. The molecule has 1 aliphatic rings. The maximum Gasteiger partial charge on any atom is 0.322 e. The Bertz CT molecular complexity index is 1440. The Kier molecular flexibility index (Phi) is 9.15. The average molecular weight is 558 g/mol. The molecule has 0 bridgehead atoms. The minimum Gasteiger partial charge on any atom is -0.454 e. The lowest BCUT2D eigenvalue weighted by molar-refractivity contribution is 0.0596. The van der Waals surface area contributed by atoms with Crippen LogP contribution in [0.1, 0.15) is 40.9 Å². The molecule has 0 atom stereocenters. The molecule has 1 fully saturated rings. The molecule has 2 aromatic heterocycles. The van der Waals surface area contributed by atoms with E-state index < -0.39 is 5.82 Å². The van der Waals surface area contributed by atoms with Crippen molar-refractivity contribution in [3.05, 3.63) is 114 Å². The Morgan fingerprint density at radius 1 is 0.902 bits per heavy atom. The Hall–Kier alpha value is -4.37. The maximum atomic E-state index is 14.1. The summed E-state index contributed by atoms with van der Waals surface area (Å²) in [5.41, 5.74) is 2.33. The van der Waals surface area contributed by atoms with Gasteiger partial charge in [0, 0.05) is 51.2 Å². The van der Waals surface area contributed by atoms with E-state index in [2.05, 4.69) is 22.3 Å². The van der Waals surface area contributed by atoms with Gasteiger partial charge >= 0.3 is 6.03 Å². The number of aromatic nitrogens is 1. The number of furan rings is 1. The standard InChI is InChI=1S/C32H36FN5O3/c1-2-16-38(32(40)34-29-13-7-6-12-28(29)33)23-26-11-8-17-37(26)24-27-14-15-30(41-27)31(39)36-20-18-35(19-21-36)22-25-9-4-3-5-10-25/h3-15,17H,2,16,18-24H2,1H3,(H,34,40). The number of halogens is 1. The van der Waals surface area contributed by atoms with E-state index in [1.165, 1.54) is 11.6 Å². The van der Waals surface area contributed by atoms with Crippen LogP contribution in [0.5, 0.6) is 0 Å². The fourth-order valence-electron chi connectivity index (χ4n) is 5.07. The van der Waals surface area contributed by atoms with Gasteiger partial charge in [0.2, 0.25) is 0 Å². The van der Waals surface area contributed by atoms with Gasteiger partial charge in [-0.3, -0.25) is 9.69 Å². The summed E-state index contributed by atoms with van der Waals surface area (Å²) < 4.78 is 22.1. The number of nitrogens with one attached hydrogen (secondary N) is 1. The van der Waals surface area contributed by atoms with Gasteiger partial charge in [-0.25, -0.2) is 9.18 Å². The summed E-state index contributed by atoms with van der Waals surface area (Å²) in [6.07, 6.45) is 2.68. The molecule has 8 nitrogen and oxygen atoms in total. The van der Waals surface area contributed by atoms with Crippen LogP contribution < -0.4 is 5.32 Å². The third-order valence-electron chi connectivity index (χ3n) is 7.28. The van der Waals surface area contributed by atoms with Crippen LogP contribution in [0.15, 0.2) is 89.5 Å². The van der Waals surface area contributed by atoms with Gasteiger partial charge in [0.05, 0.1) is 18.8 Å². The summed E-state index contributed by atoms with van der Waals surface area (Å²) in [5, 5.41) is 2.68. The molecule has 0 spiro atoms. The second-order valence-electron chi connectivity index (χ2n) is 10.3. The summed E-state index contributed by atoms with van der Waals surface area (Å²) >= 11 is 0. The number of carbonyl (C=O) groups is 2. The van der Waals surface area contributed by atoms with Crippen LogP contribution in [-0.2, 0) is 19.6 Å². The quantitative estimate of drug-likeness (QED) is 0.273. The van der Waals surface area contributed by atoms with E-state index in [0.717, 1.165) is 31.7 Å². The fraction of sp³-hybridized carbons (Fsp3) is 0.312. The Labute approximate surface area is 240 Å². The molecule has 5 rings (SSSR count). The molecule has 214 valence electrons. The number of carbonyl (C=O) groups excluding carboxylic acids is 2. The summed E-state index contributed by atoms with van der Waals surface area (Å²) in [6.45, 7) is 7.12. The molecule has 9 heteroatoms. The molecule has 2 aromatic carbocycles. The number of benzene rings is 2. The minimum absolute atomic E-state index is 0.0951. The van der Waals surface area contributed by atoms with E-state index in [1.807, 2.05) is 59.0 Å². The van der Waals surface area contributed by atoms with Crippen LogP contribution >= 0.6 is 0 Å². The van der Waals surface area contributed by atoms with E-state index in [-0.39, 0.29) is 17.6 Å². The normalized spacial score (nSPS) is 13.8. The number of nitrogens with zero attached hydrogens (tertiary/aromatic N) is 4. The number of urea groups is 1. The molecule has 1 N–H and O–H groups in total. The first-order valence-electron chi connectivity index (χ1n) is 14.1. The van der Waals surface area contributed by atoms with Gasteiger partial charge in [-0.15, -0.1) is 0 Å². The van der Waals surface area contributed by atoms with Crippen molar-refractivity contribution >= 4 is 17.6 Å². The Balaban J connectivity index is 1.17. The van der Waals surface area contributed by atoms with Crippen molar-refractivity contribution in [2.45, 2.75) is 33.0 Å². The van der Waals surface area contributed by atoms with Crippen LogP contribution in [-0.4, -0.2) is 63.9 Å². The SMILES string of the molecule is CCCN(Cc1cccn1Cc1ccc(C(=O)N2CCN(Cc3ccccc3)CC2)o1)C(=O)Nc1ccccc1F. The third-order valence-corrected chi connectivity index (χ3v) is 7.28. The van der Waals surface area contributed by atoms with Crippen molar-refractivity contribution in [2.24, 2.45) is 0 Å². The first kappa shape index (κ1) is 28.2. The number of amides is 3. The predicted octanol–water partition coefficient (Wildman–Crippen LogP) is 5.67. The molecular weight excluding hydrogens is 521 g/mol. The van der Waals surface area contributed by atoms with Gasteiger partial charge in [0.25, 0.3) is 5.91 Å². The summed E-state index contributed by atoms with van der Waals surface area (Å²) in [5.74, 6) is 0.425. The zero-order chi connectivity index (χ0) is 28.6. The molecule has 3 amide bonds. The molecule has 41 heavy (non-hydrogen) atoms. The average Bonchev–Trinajstić information content (AvgIpc) is 3.64. The summed E-state index contributed by atoms with van der Waals surface area (Å²) in [7, 11) is 0. The van der Waals surface area contributed by atoms with E-state index in [4.69, 9.17) is 4.42 Å². The van der Waals surface area contributed by atoms with Crippen LogP contribution in [0.4, 0.5) is 14.9 Å². The second-order valence-corrected chi connectivity index (χ2v) is 10.3. The lowest BCUT2D eigenvalue weighted by atomic mass is 10.2. The lowest BCUT2D eigenvalue weighted by Crippen LogP contribution is -2.48. The van der Waals surface area contributed by atoms with Crippen molar-refractivity contribution in [1.29, 1.82) is 0 Å². The molecule has 1 aliphatic heterocycles. The van der Waals surface area contributed by atoms with Crippen molar-refractivity contribution in [2.75, 3.05) is 38.0 Å². The highest BCUT2D eigenvalue weighted by atomic mass is 19.1. The smallest absolute Gasteiger partial charge is 0.322 e. The molecular formula is C32H36FN5O3. The largest absolute Gasteiger partial charge is 0.454 e. The summed E-state index contributed by atoms with van der Waals surface area (Å²) in [4.78, 5) is 32.0. The molecule has 4 aromatic rings. The van der Waals surface area contributed by atoms with Gasteiger partial charge < -0.3 is 24.1 Å². The Morgan fingerprint density at radius 2 is 1.66 bits per heavy atom. The van der Waals surface area contributed by atoms with Gasteiger partial charge in [-0.05, 0) is 48.4 Å². The molecule has 0 saturated carbocycles. The Morgan fingerprint density at radius 3 is 2.41 bits per heavy atom. The van der Waals surface area contributed by atoms with E-state index in [1.54, 1.807) is 29.2 Å². The van der Waals surface area contributed by atoms with Crippen LogP contribution in [0, 0.1) is 5.82 Å². The summed E-state index contributed by atoms with van der Waals surface area (Å²) in [6, 6.07) is 23.6. The van der Waals surface area contributed by atoms with Gasteiger partial charge in [0.15, 0.2) is 5.76 Å². The number of anilines is 1. The fourth-order valence-corrected chi connectivity index (χ4v) is 5.07. The van der Waals surface area contributed by atoms with Crippen LogP contribution in [0.2, 0.25) is 0 Å². The number of piperazine rings is 1. The van der Waals surface area contributed by atoms with E-state index in [9.17, 15) is 14.0 Å². The zero-order valence-corrected chi connectivity index (χ0v) is 23.3. The van der Waals surface area contributed by atoms with Gasteiger partial charge in [0.1, 0.15) is 11.6 Å². The molecule has 0 unspecified atom stereocenters. The molecule has 1 saturated heterocycles. The van der Waals surface area contributed by atoms with Crippen molar-refractivity contribution in [1.82, 2.24) is 19.3 Å². The third kappa shape index (κ3) is 7.24. The van der Waals surface area contributed by atoms with Crippen molar-refractivity contribution < 1.29 is 18.4 Å². The van der Waals surface area contributed by atoms with Crippen LogP contribution in [0.25, 0.3) is 0 Å². The van der Waals surface area contributed by atoms with Gasteiger partial charge in [-0.1, -0.05) is 49.4 Å². The number of rotatable bonds is 10. The number of para-hydroxylation sites is 1. The van der Waals surface area contributed by atoms with E-state index >= 15 is 0 Å². The molecule has 3 heterocycles. The highest BCUT2D eigenvalue weighted by Crippen LogP contribution is 2.18. The topological polar surface area (TPSA) is 74.0 Å². The highest BCUT2D eigenvalue weighted by Gasteiger charge is 2.24. The van der Waals surface area contributed by atoms with Crippen molar-refractivity contribution in [3.63, 3.8) is 0 Å². The second kappa shape index (κ2) is 13.3. The highest BCUT2D eigenvalue weighted by molar-refractivity contribution is 5.91. The lowest BCUT2D eigenvalue weighted by Gasteiger charge is -2.34. The predicted molar refractivity (Wildman–Crippen MR) is 156 cm³/mol. The van der Waals surface area contributed by atoms with Gasteiger partial charge in [-0.2, -0.15) is 0 Å². The molecule has 0 radical (unpaired) electrons. The monoisotopic (exact) mass is 557 g/mol. The van der Waals surface area contributed by atoms with Crippen molar-refractivity contribution in [3.8, 4) is 0 Å². The van der Waals surface area contributed by atoms with E-state index in [0.29, 0.717) is 44.2 Å². The number of hydrogen-bond donors (Lipinski definition) is 1. The first-order chi connectivity index (χ1) is 20.0.